The molecular weight excluding hydrogens is 380 g/mol. The minimum absolute atomic E-state index is 0.148. The van der Waals surface area contributed by atoms with Gasteiger partial charge in [0.25, 0.3) is 5.91 Å². The quantitative estimate of drug-likeness (QED) is 0.643. The number of benzene rings is 1. The number of methoxy groups -OCH3 is 1. The minimum Gasteiger partial charge on any atom is -0.497 e. The van der Waals surface area contributed by atoms with E-state index in [-0.39, 0.29) is 11.9 Å². The van der Waals surface area contributed by atoms with Crippen molar-refractivity contribution in [2.45, 2.75) is 51.7 Å². The fraction of sp³-hybridized carbons (Fsp3) is 0.435. The molecule has 7 heteroatoms. The average Bonchev–Trinajstić information content (AvgIpc) is 3.52. The molecule has 1 aliphatic rings. The Labute approximate surface area is 176 Å². The van der Waals surface area contributed by atoms with Gasteiger partial charge in [0.1, 0.15) is 5.75 Å². The van der Waals surface area contributed by atoms with Gasteiger partial charge in [-0.15, -0.1) is 0 Å². The Bertz CT molecular complexity index is 1070. The number of aryl methyl sites for hydroxylation is 2. The maximum Gasteiger partial charge on any atom is 0.261 e. The molecule has 3 aromatic rings. The molecule has 1 fully saturated rings. The molecule has 7 nitrogen and oxygen atoms in total. The molecule has 158 valence electrons. The lowest BCUT2D eigenvalue weighted by Gasteiger charge is -2.19. The molecular formula is C23H28N4O3. The topological polar surface area (TPSA) is 78.3 Å². The molecule has 2 aromatic heterocycles. The van der Waals surface area contributed by atoms with Crippen LogP contribution in [0.4, 0.5) is 0 Å². The van der Waals surface area contributed by atoms with Crippen LogP contribution in [0.1, 0.15) is 55.5 Å². The predicted octanol–water partition coefficient (Wildman–Crippen LogP) is 3.81. The zero-order valence-electron chi connectivity index (χ0n) is 18.1. The van der Waals surface area contributed by atoms with E-state index in [1.807, 2.05) is 51.2 Å². The molecule has 2 heterocycles. The molecule has 1 amide bonds. The molecule has 30 heavy (non-hydrogen) atoms. The van der Waals surface area contributed by atoms with Crippen molar-refractivity contribution < 1.29 is 14.3 Å². The molecule has 0 radical (unpaired) electrons. The van der Waals surface area contributed by atoms with Crippen LogP contribution in [0.3, 0.4) is 0 Å². The lowest BCUT2D eigenvalue weighted by molar-refractivity contribution is -0.128. The largest absolute Gasteiger partial charge is 0.497 e. The Hall–Kier alpha value is -3.09. The van der Waals surface area contributed by atoms with E-state index in [0.29, 0.717) is 11.8 Å². The summed E-state index contributed by atoms with van der Waals surface area (Å²) in [5.74, 6) is 1.57. The summed E-state index contributed by atoms with van der Waals surface area (Å²) in [4.78, 5) is 17.3. The van der Waals surface area contributed by atoms with E-state index in [2.05, 4.69) is 15.4 Å². The molecule has 0 bridgehead atoms. The number of ether oxygens (including phenoxy) is 2. The number of carbonyl (C=O) groups is 1. The van der Waals surface area contributed by atoms with Crippen LogP contribution in [-0.4, -0.2) is 33.9 Å². The molecule has 1 saturated carbocycles. The summed E-state index contributed by atoms with van der Waals surface area (Å²) in [5.41, 5.74) is 3.99. The Morgan fingerprint density at radius 2 is 1.93 bits per heavy atom. The van der Waals surface area contributed by atoms with E-state index >= 15 is 0 Å². The van der Waals surface area contributed by atoms with Gasteiger partial charge in [0.15, 0.2) is 11.8 Å². The highest BCUT2D eigenvalue weighted by atomic mass is 16.5. The van der Waals surface area contributed by atoms with Crippen LogP contribution in [-0.2, 0) is 11.8 Å². The van der Waals surface area contributed by atoms with Crippen LogP contribution in [0.25, 0.3) is 11.0 Å². The second-order valence-electron chi connectivity index (χ2n) is 8.02. The van der Waals surface area contributed by atoms with E-state index in [4.69, 9.17) is 9.47 Å². The summed E-state index contributed by atoms with van der Waals surface area (Å²) in [6.07, 6.45) is 1.70. The smallest absolute Gasteiger partial charge is 0.261 e. The molecule has 4 rings (SSSR count). The monoisotopic (exact) mass is 408 g/mol. The maximum absolute atomic E-state index is 12.7. The van der Waals surface area contributed by atoms with Gasteiger partial charge in [-0.3, -0.25) is 9.48 Å². The summed E-state index contributed by atoms with van der Waals surface area (Å²) in [6.45, 7) is 5.72. The van der Waals surface area contributed by atoms with E-state index in [1.165, 1.54) is 12.8 Å². The number of aromatic nitrogens is 3. The lowest BCUT2D eigenvalue weighted by Crippen LogP contribution is -2.37. The average molecular weight is 409 g/mol. The van der Waals surface area contributed by atoms with E-state index in [9.17, 15) is 4.79 Å². The van der Waals surface area contributed by atoms with E-state index < -0.39 is 6.10 Å². The fourth-order valence-electron chi connectivity index (χ4n) is 3.68. The Morgan fingerprint density at radius 1 is 1.23 bits per heavy atom. The van der Waals surface area contributed by atoms with Gasteiger partial charge in [-0.2, -0.15) is 10.1 Å². The van der Waals surface area contributed by atoms with Gasteiger partial charge in [-0.05, 0) is 56.9 Å². The summed E-state index contributed by atoms with van der Waals surface area (Å²) < 4.78 is 12.9. The van der Waals surface area contributed by atoms with Crippen LogP contribution in [0.15, 0.2) is 30.3 Å². The van der Waals surface area contributed by atoms with Crippen LogP contribution in [0.5, 0.6) is 11.6 Å². The Balaban J connectivity index is 1.46. The molecule has 2 atom stereocenters. The number of nitrogens with zero attached hydrogens (tertiary/aromatic N) is 3. The highest BCUT2D eigenvalue weighted by Crippen LogP contribution is 2.43. The molecule has 1 aliphatic carbocycles. The minimum atomic E-state index is -0.675. The van der Waals surface area contributed by atoms with Crippen LogP contribution in [0.2, 0.25) is 0 Å². The number of nitrogens with one attached hydrogen (secondary N) is 1. The lowest BCUT2D eigenvalue weighted by atomic mass is 10.1. The number of amides is 1. The van der Waals surface area contributed by atoms with Crippen LogP contribution >= 0.6 is 0 Å². The van der Waals surface area contributed by atoms with Gasteiger partial charge >= 0.3 is 0 Å². The molecule has 0 spiro atoms. The summed E-state index contributed by atoms with van der Waals surface area (Å²) in [7, 11) is 3.53. The summed E-state index contributed by atoms with van der Waals surface area (Å²) >= 11 is 0. The van der Waals surface area contributed by atoms with Gasteiger partial charge in [0.05, 0.1) is 18.8 Å². The summed E-state index contributed by atoms with van der Waals surface area (Å²) in [5, 5.41) is 8.77. The second kappa shape index (κ2) is 7.97. The SMILES string of the molecule is COc1ccc([C@H](C)NC(=O)C(C)Oc2cc(C)c3c(C4CC4)nn(C)c3n2)cc1. The maximum atomic E-state index is 12.7. The first kappa shape index (κ1) is 20.2. The van der Waals surface area contributed by atoms with Crippen molar-refractivity contribution in [2.24, 2.45) is 7.05 Å². The number of hydrogen-bond donors (Lipinski definition) is 1. The molecule has 1 aromatic carbocycles. The number of pyridine rings is 1. The fourth-order valence-corrected chi connectivity index (χ4v) is 3.68. The van der Waals surface area contributed by atoms with Crippen molar-refractivity contribution in [3.05, 3.63) is 47.2 Å². The summed E-state index contributed by atoms with van der Waals surface area (Å²) in [6, 6.07) is 9.38. The van der Waals surface area contributed by atoms with Crippen molar-refractivity contribution in [1.29, 1.82) is 0 Å². The van der Waals surface area contributed by atoms with Gasteiger partial charge in [-0.1, -0.05) is 12.1 Å². The highest BCUT2D eigenvalue weighted by Gasteiger charge is 2.30. The first-order valence-electron chi connectivity index (χ1n) is 10.3. The standard InChI is InChI=1S/C23H28N4O3/c1-13-12-19(25-22-20(13)21(17-6-7-17)26-27(22)4)30-15(3)23(28)24-14(2)16-8-10-18(29-5)11-9-16/h8-12,14-15,17H,6-7H2,1-5H3,(H,24,28)/t14-,15?/m0/s1. The Morgan fingerprint density at radius 3 is 2.57 bits per heavy atom. The molecule has 0 saturated heterocycles. The number of rotatable bonds is 7. The van der Waals surface area contributed by atoms with Crippen molar-refractivity contribution in [3.8, 4) is 11.6 Å². The van der Waals surface area contributed by atoms with Crippen molar-refractivity contribution in [2.75, 3.05) is 7.11 Å². The van der Waals surface area contributed by atoms with Gasteiger partial charge in [0, 0.05) is 24.4 Å². The third kappa shape index (κ3) is 3.97. The normalized spacial score (nSPS) is 15.6. The third-order valence-corrected chi connectivity index (χ3v) is 5.60. The van der Waals surface area contributed by atoms with Gasteiger partial charge in [-0.25, -0.2) is 0 Å². The first-order chi connectivity index (χ1) is 14.4. The predicted molar refractivity (Wildman–Crippen MR) is 115 cm³/mol. The molecule has 1 N–H and O–H groups in total. The Kier molecular flexibility index (Phi) is 5.37. The van der Waals surface area contributed by atoms with Gasteiger partial charge in [0.2, 0.25) is 5.88 Å². The van der Waals surface area contributed by atoms with E-state index in [0.717, 1.165) is 33.6 Å². The zero-order valence-corrected chi connectivity index (χ0v) is 18.1. The van der Waals surface area contributed by atoms with Gasteiger partial charge < -0.3 is 14.8 Å². The number of fused-ring (bicyclic) bond motifs is 1. The van der Waals surface area contributed by atoms with Crippen molar-refractivity contribution in [1.82, 2.24) is 20.1 Å². The third-order valence-electron chi connectivity index (χ3n) is 5.60. The number of hydrogen-bond acceptors (Lipinski definition) is 5. The second-order valence-corrected chi connectivity index (χ2v) is 8.02. The van der Waals surface area contributed by atoms with E-state index in [1.54, 1.807) is 18.7 Å². The van der Waals surface area contributed by atoms with Crippen molar-refractivity contribution in [3.63, 3.8) is 0 Å². The number of carbonyl (C=O) groups excluding carboxylic acids is 1. The van der Waals surface area contributed by atoms with Crippen molar-refractivity contribution >= 4 is 16.9 Å². The zero-order chi connectivity index (χ0) is 21.4. The highest BCUT2D eigenvalue weighted by molar-refractivity contribution is 5.84. The van der Waals surface area contributed by atoms with Crippen LogP contribution in [0, 0.1) is 6.92 Å². The van der Waals surface area contributed by atoms with Crippen LogP contribution < -0.4 is 14.8 Å². The first-order valence-corrected chi connectivity index (χ1v) is 10.3. The molecule has 1 unspecified atom stereocenters. The molecule has 0 aliphatic heterocycles.